The maximum atomic E-state index is 13.8. The first kappa shape index (κ1) is 21.6. The van der Waals surface area contributed by atoms with Crippen molar-refractivity contribution in [1.29, 1.82) is 0 Å². The predicted octanol–water partition coefficient (Wildman–Crippen LogP) is 4.91. The van der Waals surface area contributed by atoms with Crippen LogP contribution in [0, 0.1) is 6.92 Å². The van der Waals surface area contributed by atoms with Crippen LogP contribution in [0.5, 0.6) is 0 Å². The van der Waals surface area contributed by atoms with E-state index in [9.17, 15) is 9.59 Å². The van der Waals surface area contributed by atoms with Gasteiger partial charge in [-0.25, -0.2) is 0 Å². The van der Waals surface area contributed by atoms with Crippen molar-refractivity contribution >= 4 is 40.4 Å². The molecule has 3 aromatic rings. The summed E-state index contributed by atoms with van der Waals surface area (Å²) in [5.41, 5.74) is 1.01. The van der Waals surface area contributed by atoms with Crippen LogP contribution in [0.3, 0.4) is 0 Å². The normalized spacial score (nSPS) is 18.8. The molecule has 8 heteroatoms. The number of hydrogen-bond acceptors (Lipinski definition) is 4. The van der Waals surface area contributed by atoms with Crippen LogP contribution in [-0.4, -0.2) is 32.7 Å². The van der Waals surface area contributed by atoms with Gasteiger partial charge >= 0.3 is 0 Å². The summed E-state index contributed by atoms with van der Waals surface area (Å²) in [6, 6.07) is 11.1. The lowest BCUT2D eigenvalue weighted by atomic mass is 9.92. The molecule has 1 unspecified atom stereocenters. The second-order valence-electron chi connectivity index (χ2n) is 9.10. The lowest BCUT2D eigenvalue weighted by Crippen LogP contribution is -2.66. The molecule has 0 aliphatic carbocycles. The zero-order valence-corrected chi connectivity index (χ0v) is 19.8. The average molecular weight is 457 g/mol. The number of halogens is 1. The summed E-state index contributed by atoms with van der Waals surface area (Å²) >= 11 is 7.84. The van der Waals surface area contributed by atoms with E-state index in [1.165, 1.54) is 0 Å². The standard InChI is InChI=1S/C23H25ClN4O2S/c1-14-8-9-15(24)11-17(14)28-20(29)18-12-16(19-7-6-10-31-19)26-27(18)13-23(28,5)21(30)25-22(2,3)4/h6-12H,13H2,1-5H3,(H,25,30). The molecule has 4 rings (SSSR count). The number of hydrogen-bond donors (Lipinski definition) is 1. The summed E-state index contributed by atoms with van der Waals surface area (Å²) in [4.78, 5) is 29.9. The van der Waals surface area contributed by atoms with Gasteiger partial charge in [0.1, 0.15) is 16.9 Å². The van der Waals surface area contributed by atoms with E-state index in [1.54, 1.807) is 46.0 Å². The van der Waals surface area contributed by atoms with Gasteiger partial charge in [-0.15, -0.1) is 11.3 Å². The van der Waals surface area contributed by atoms with Gasteiger partial charge in [-0.3, -0.25) is 19.2 Å². The minimum Gasteiger partial charge on any atom is -0.349 e. The molecule has 0 saturated carbocycles. The van der Waals surface area contributed by atoms with E-state index >= 15 is 0 Å². The molecule has 1 N–H and O–H groups in total. The Labute approximate surface area is 190 Å². The number of rotatable bonds is 3. The number of anilines is 1. The lowest BCUT2D eigenvalue weighted by molar-refractivity contribution is -0.128. The van der Waals surface area contributed by atoms with Gasteiger partial charge in [-0.2, -0.15) is 5.10 Å². The van der Waals surface area contributed by atoms with Crippen molar-refractivity contribution < 1.29 is 9.59 Å². The summed E-state index contributed by atoms with van der Waals surface area (Å²) < 4.78 is 1.65. The van der Waals surface area contributed by atoms with Gasteiger partial charge in [0.25, 0.3) is 5.91 Å². The van der Waals surface area contributed by atoms with Crippen LogP contribution in [-0.2, 0) is 11.3 Å². The van der Waals surface area contributed by atoms with Crippen LogP contribution >= 0.6 is 22.9 Å². The summed E-state index contributed by atoms with van der Waals surface area (Å²) in [5.74, 6) is -0.523. The van der Waals surface area contributed by atoms with E-state index < -0.39 is 11.1 Å². The monoisotopic (exact) mass is 456 g/mol. The van der Waals surface area contributed by atoms with E-state index in [0.29, 0.717) is 16.4 Å². The Kier molecular flexibility index (Phi) is 5.22. The maximum absolute atomic E-state index is 13.8. The molecule has 1 aliphatic rings. The van der Waals surface area contributed by atoms with Gasteiger partial charge in [-0.1, -0.05) is 23.7 Å². The first-order chi connectivity index (χ1) is 14.5. The molecule has 1 atom stereocenters. The second-order valence-corrected chi connectivity index (χ2v) is 10.5. The number of fused-ring (bicyclic) bond motifs is 1. The van der Waals surface area contributed by atoms with Crippen molar-refractivity contribution in [2.45, 2.75) is 52.2 Å². The topological polar surface area (TPSA) is 67.2 Å². The molecule has 31 heavy (non-hydrogen) atoms. The molecule has 6 nitrogen and oxygen atoms in total. The Morgan fingerprint density at radius 1 is 1.26 bits per heavy atom. The Hall–Kier alpha value is -2.64. The smallest absolute Gasteiger partial charge is 0.277 e. The molecule has 1 aromatic carbocycles. The number of benzene rings is 1. The summed E-state index contributed by atoms with van der Waals surface area (Å²) in [6.45, 7) is 9.67. The quantitative estimate of drug-likeness (QED) is 0.609. The number of aryl methyl sites for hydroxylation is 1. The molecule has 1 aliphatic heterocycles. The first-order valence-electron chi connectivity index (χ1n) is 10.0. The van der Waals surface area contributed by atoms with Gasteiger partial charge < -0.3 is 5.32 Å². The highest BCUT2D eigenvalue weighted by Crippen LogP contribution is 2.37. The zero-order valence-electron chi connectivity index (χ0n) is 18.2. The van der Waals surface area contributed by atoms with Gasteiger partial charge in [0.05, 0.1) is 11.4 Å². The lowest BCUT2D eigenvalue weighted by Gasteiger charge is -2.44. The predicted molar refractivity (Wildman–Crippen MR) is 125 cm³/mol. The van der Waals surface area contributed by atoms with Crippen molar-refractivity contribution in [2.75, 3.05) is 4.90 Å². The third-order valence-electron chi connectivity index (χ3n) is 5.32. The molecule has 2 aromatic heterocycles. The van der Waals surface area contributed by atoms with Crippen molar-refractivity contribution in [3.05, 3.63) is 58.1 Å². The number of carbonyl (C=O) groups is 2. The molecule has 0 spiro atoms. The highest BCUT2D eigenvalue weighted by molar-refractivity contribution is 7.13. The van der Waals surface area contributed by atoms with E-state index in [4.69, 9.17) is 11.6 Å². The third-order valence-corrected chi connectivity index (χ3v) is 6.44. The van der Waals surface area contributed by atoms with Gasteiger partial charge in [0, 0.05) is 16.2 Å². The van der Waals surface area contributed by atoms with E-state index in [2.05, 4.69) is 10.4 Å². The van der Waals surface area contributed by atoms with E-state index in [0.717, 1.165) is 16.1 Å². The van der Waals surface area contributed by atoms with Crippen LogP contribution in [0.1, 0.15) is 43.7 Å². The van der Waals surface area contributed by atoms with Crippen molar-refractivity contribution in [1.82, 2.24) is 15.1 Å². The van der Waals surface area contributed by atoms with Gasteiger partial charge in [0.2, 0.25) is 5.91 Å². The van der Waals surface area contributed by atoms with Crippen LogP contribution in [0.15, 0.2) is 41.8 Å². The van der Waals surface area contributed by atoms with Crippen LogP contribution in [0.25, 0.3) is 10.6 Å². The average Bonchev–Trinajstić information content (AvgIpc) is 3.32. The maximum Gasteiger partial charge on any atom is 0.277 e. The summed E-state index contributed by atoms with van der Waals surface area (Å²) in [7, 11) is 0. The molecule has 0 saturated heterocycles. The fraction of sp³-hybridized carbons (Fsp3) is 0.348. The first-order valence-corrected chi connectivity index (χ1v) is 11.3. The van der Waals surface area contributed by atoms with E-state index in [1.807, 2.05) is 51.3 Å². The number of nitrogens with one attached hydrogen (secondary N) is 1. The van der Waals surface area contributed by atoms with Crippen LogP contribution in [0.2, 0.25) is 5.02 Å². The van der Waals surface area contributed by atoms with Gasteiger partial charge in [-0.05, 0) is 69.8 Å². The number of thiophene rings is 1. The summed E-state index contributed by atoms with van der Waals surface area (Å²) in [5, 5.41) is 10.2. The fourth-order valence-electron chi connectivity index (χ4n) is 3.80. The van der Waals surface area contributed by atoms with Crippen molar-refractivity contribution in [2.24, 2.45) is 0 Å². The minimum absolute atomic E-state index is 0.229. The number of nitrogens with zero attached hydrogens (tertiary/aromatic N) is 3. The van der Waals surface area contributed by atoms with E-state index in [-0.39, 0.29) is 18.4 Å². The zero-order chi connectivity index (χ0) is 22.6. The minimum atomic E-state index is -1.19. The molecule has 0 radical (unpaired) electrons. The second kappa shape index (κ2) is 7.50. The molecule has 0 bridgehead atoms. The highest BCUT2D eigenvalue weighted by atomic mass is 35.5. The summed E-state index contributed by atoms with van der Waals surface area (Å²) in [6.07, 6.45) is 0. The number of aromatic nitrogens is 2. The van der Waals surface area contributed by atoms with Crippen LogP contribution in [0.4, 0.5) is 5.69 Å². The SMILES string of the molecule is Cc1ccc(Cl)cc1N1C(=O)c2cc(-c3cccs3)nn2CC1(C)C(=O)NC(C)(C)C. The largest absolute Gasteiger partial charge is 0.349 e. The Morgan fingerprint density at radius 3 is 2.65 bits per heavy atom. The number of carbonyl (C=O) groups excluding carboxylic acids is 2. The fourth-order valence-corrected chi connectivity index (χ4v) is 4.65. The van der Waals surface area contributed by atoms with Crippen LogP contribution < -0.4 is 10.2 Å². The van der Waals surface area contributed by atoms with Gasteiger partial charge in [0.15, 0.2) is 0 Å². The third kappa shape index (κ3) is 3.88. The number of amides is 2. The van der Waals surface area contributed by atoms with Crippen molar-refractivity contribution in [3.63, 3.8) is 0 Å². The molecular weight excluding hydrogens is 432 g/mol. The molecule has 3 heterocycles. The molecule has 0 fully saturated rings. The Balaban J connectivity index is 1.88. The molecule has 2 amide bonds. The Morgan fingerprint density at radius 2 is 2.00 bits per heavy atom. The highest BCUT2D eigenvalue weighted by Gasteiger charge is 2.50. The Bertz CT molecular complexity index is 1160. The van der Waals surface area contributed by atoms with Crippen molar-refractivity contribution in [3.8, 4) is 10.6 Å². The molecular formula is C23H25ClN4O2S. The molecule has 162 valence electrons.